The zero-order chi connectivity index (χ0) is 23.6. The topological polar surface area (TPSA) is 89.3 Å². The number of benzene rings is 3. The zero-order valence-electron chi connectivity index (χ0n) is 18.3. The summed E-state index contributed by atoms with van der Waals surface area (Å²) < 4.78 is 27.1. The predicted octanol–water partition coefficient (Wildman–Crippen LogP) is 6.26. The second-order valence-corrected chi connectivity index (χ2v) is 10.8. The Labute approximate surface area is 197 Å². The minimum Gasteiger partial charge on any atom is -0.396 e. The maximum absolute atomic E-state index is 13.6. The fraction of sp³-hybridized carbons (Fsp3) is 0.115. The fourth-order valence-corrected chi connectivity index (χ4v) is 6.42. The van der Waals surface area contributed by atoms with Crippen LogP contribution in [0.25, 0.3) is 0 Å². The molecular formula is C26H24N2O3S2. The van der Waals surface area contributed by atoms with Crippen LogP contribution in [0.5, 0.6) is 0 Å². The molecule has 1 aromatic heterocycles. The molecule has 3 N–H and O–H groups in total. The van der Waals surface area contributed by atoms with Gasteiger partial charge in [0, 0.05) is 11.3 Å². The van der Waals surface area contributed by atoms with E-state index in [-0.39, 0.29) is 26.1 Å². The highest BCUT2D eigenvalue weighted by atomic mass is 32.2. The Morgan fingerprint density at radius 1 is 0.879 bits per heavy atom. The molecule has 168 valence electrons. The van der Waals surface area contributed by atoms with Gasteiger partial charge in [0.2, 0.25) is 15.6 Å². The van der Waals surface area contributed by atoms with Gasteiger partial charge in [-0.1, -0.05) is 74.5 Å². The Morgan fingerprint density at radius 3 is 2.03 bits per heavy atom. The molecule has 0 amide bonds. The van der Waals surface area contributed by atoms with Gasteiger partial charge in [-0.15, -0.1) is 11.3 Å². The van der Waals surface area contributed by atoms with Crippen LogP contribution in [-0.2, 0) is 9.84 Å². The van der Waals surface area contributed by atoms with Gasteiger partial charge in [-0.3, -0.25) is 4.79 Å². The largest absolute Gasteiger partial charge is 0.396 e. The van der Waals surface area contributed by atoms with Gasteiger partial charge in [-0.2, -0.15) is 0 Å². The van der Waals surface area contributed by atoms with E-state index >= 15 is 0 Å². The third kappa shape index (κ3) is 4.55. The van der Waals surface area contributed by atoms with Crippen molar-refractivity contribution in [2.24, 2.45) is 0 Å². The van der Waals surface area contributed by atoms with E-state index in [1.54, 1.807) is 42.5 Å². The van der Waals surface area contributed by atoms with E-state index in [1.807, 2.05) is 30.3 Å². The molecule has 0 spiro atoms. The van der Waals surface area contributed by atoms with Crippen molar-refractivity contribution in [3.8, 4) is 0 Å². The standard InChI is InChI=1S/C26H24N2O3S2/c1-17(2)18-13-15-20(16-14-18)28-26-25(33(30,31)21-11-7-4-8-12-21)22(27)24(32-26)23(29)19-9-5-3-6-10-19/h3-17,28H,27H2,1-2H3. The molecule has 3 aromatic carbocycles. The maximum atomic E-state index is 13.6. The molecule has 0 fully saturated rings. The smallest absolute Gasteiger partial charge is 0.211 e. The van der Waals surface area contributed by atoms with Crippen LogP contribution in [0.3, 0.4) is 0 Å². The summed E-state index contributed by atoms with van der Waals surface area (Å²) in [5, 5.41) is 3.50. The molecule has 0 aliphatic carbocycles. The molecule has 4 aromatic rings. The molecule has 0 unspecified atom stereocenters. The first-order valence-corrected chi connectivity index (χ1v) is 12.8. The van der Waals surface area contributed by atoms with Crippen LogP contribution in [0, 0.1) is 0 Å². The molecule has 0 aliphatic heterocycles. The summed E-state index contributed by atoms with van der Waals surface area (Å²) in [5.74, 6) is 0.0614. The molecular weight excluding hydrogens is 452 g/mol. The highest BCUT2D eigenvalue weighted by Gasteiger charge is 2.31. The van der Waals surface area contributed by atoms with Crippen LogP contribution in [-0.4, -0.2) is 14.2 Å². The average molecular weight is 477 g/mol. The Balaban J connectivity index is 1.84. The van der Waals surface area contributed by atoms with Crippen molar-refractivity contribution in [1.29, 1.82) is 0 Å². The summed E-state index contributed by atoms with van der Waals surface area (Å²) in [4.78, 5) is 13.4. The second kappa shape index (κ2) is 9.21. The summed E-state index contributed by atoms with van der Waals surface area (Å²) in [6, 6.07) is 24.6. The molecule has 0 saturated heterocycles. The number of nitrogens with one attached hydrogen (secondary N) is 1. The number of anilines is 3. The number of rotatable bonds is 7. The van der Waals surface area contributed by atoms with Crippen LogP contribution < -0.4 is 11.1 Å². The molecule has 0 saturated carbocycles. The number of hydrogen-bond acceptors (Lipinski definition) is 6. The van der Waals surface area contributed by atoms with Gasteiger partial charge in [0.05, 0.1) is 10.6 Å². The van der Waals surface area contributed by atoms with Gasteiger partial charge in [-0.25, -0.2) is 8.42 Å². The first-order chi connectivity index (χ1) is 15.8. The molecule has 33 heavy (non-hydrogen) atoms. The lowest BCUT2D eigenvalue weighted by molar-refractivity contribution is 0.104. The maximum Gasteiger partial charge on any atom is 0.211 e. The van der Waals surface area contributed by atoms with Gasteiger partial charge >= 0.3 is 0 Å². The minimum atomic E-state index is -3.97. The van der Waals surface area contributed by atoms with Crippen molar-refractivity contribution in [3.05, 3.63) is 101 Å². The minimum absolute atomic E-state index is 0.0426. The number of nitrogens with two attached hydrogens (primary N) is 1. The van der Waals surface area contributed by atoms with Gasteiger partial charge in [-0.05, 0) is 35.7 Å². The summed E-state index contributed by atoms with van der Waals surface area (Å²) in [5.41, 5.74) is 8.64. The third-order valence-electron chi connectivity index (χ3n) is 5.30. The zero-order valence-corrected chi connectivity index (χ0v) is 19.9. The van der Waals surface area contributed by atoms with Crippen molar-refractivity contribution < 1.29 is 13.2 Å². The molecule has 0 radical (unpaired) electrons. The number of hydrogen-bond donors (Lipinski definition) is 2. The van der Waals surface area contributed by atoms with E-state index in [2.05, 4.69) is 19.2 Å². The highest BCUT2D eigenvalue weighted by Crippen LogP contribution is 2.44. The van der Waals surface area contributed by atoms with Crippen molar-refractivity contribution in [3.63, 3.8) is 0 Å². The summed E-state index contributed by atoms with van der Waals surface area (Å²) in [6.07, 6.45) is 0. The Hall–Kier alpha value is -3.42. The van der Waals surface area contributed by atoms with Crippen molar-refractivity contribution in [1.82, 2.24) is 0 Å². The van der Waals surface area contributed by atoms with Crippen LogP contribution >= 0.6 is 11.3 Å². The summed E-state index contributed by atoms with van der Waals surface area (Å²) >= 11 is 1.05. The van der Waals surface area contributed by atoms with Crippen molar-refractivity contribution in [2.75, 3.05) is 11.1 Å². The van der Waals surface area contributed by atoms with E-state index in [9.17, 15) is 13.2 Å². The molecule has 0 aliphatic rings. The van der Waals surface area contributed by atoms with E-state index in [1.165, 1.54) is 17.7 Å². The van der Waals surface area contributed by atoms with E-state index in [0.717, 1.165) is 11.3 Å². The third-order valence-corrected chi connectivity index (χ3v) is 8.40. The molecule has 7 heteroatoms. The number of carbonyl (C=O) groups excluding carboxylic acids is 1. The van der Waals surface area contributed by atoms with Crippen LogP contribution in [0.15, 0.2) is 94.7 Å². The van der Waals surface area contributed by atoms with Crippen LogP contribution in [0.1, 0.15) is 40.6 Å². The Morgan fingerprint density at radius 2 is 1.45 bits per heavy atom. The number of sulfone groups is 1. The van der Waals surface area contributed by atoms with E-state index < -0.39 is 9.84 Å². The SMILES string of the molecule is CC(C)c1ccc(Nc2sc(C(=O)c3ccccc3)c(N)c2S(=O)(=O)c2ccccc2)cc1. The molecule has 0 bridgehead atoms. The summed E-state index contributed by atoms with van der Waals surface area (Å²) in [6.45, 7) is 4.21. The monoisotopic (exact) mass is 476 g/mol. The van der Waals surface area contributed by atoms with Crippen LogP contribution in [0.4, 0.5) is 16.4 Å². The number of carbonyl (C=O) groups is 1. The highest BCUT2D eigenvalue weighted by molar-refractivity contribution is 7.92. The molecule has 4 rings (SSSR count). The Bertz CT molecular complexity index is 1380. The van der Waals surface area contributed by atoms with Gasteiger partial charge < -0.3 is 11.1 Å². The molecule has 5 nitrogen and oxygen atoms in total. The van der Waals surface area contributed by atoms with Gasteiger partial charge in [0.25, 0.3) is 0 Å². The second-order valence-electron chi connectivity index (χ2n) is 7.92. The number of nitrogen functional groups attached to an aromatic ring is 1. The lowest BCUT2D eigenvalue weighted by Gasteiger charge is -2.11. The quantitative estimate of drug-likeness (QED) is 0.307. The normalized spacial score (nSPS) is 11.5. The molecule has 0 atom stereocenters. The van der Waals surface area contributed by atoms with Gasteiger partial charge in [0.15, 0.2) is 0 Å². The first kappa shape index (κ1) is 22.8. The van der Waals surface area contributed by atoms with Crippen LogP contribution in [0.2, 0.25) is 0 Å². The van der Waals surface area contributed by atoms with Crippen molar-refractivity contribution in [2.45, 2.75) is 29.6 Å². The number of ketones is 1. The summed E-state index contributed by atoms with van der Waals surface area (Å²) in [7, 11) is -3.97. The average Bonchev–Trinajstić information content (AvgIpc) is 3.16. The van der Waals surface area contributed by atoms with E-state index in [0.29, 0.717) is 22.2 Å². The predicted molar refractivity (Wildman–Crippen MR) is 134 cm³/mol. The Kier molecular flexibility index (Phi) is 6.35. The molecule has 1 heterocycles. The number of thiophene rings is 1. The lowest BCUT2D eigenvalue weighted by atomic mass is 10.0. The first-order valence-electron chi connectivity index (χ1n) is 10.5. The fourth-order valence-electron chi connectivity index (χ4n) is 3.47. The van der Waals surface area contributed by atoms with E-state index in [4.69, 9.17) is 5.73 Å². The lowest BCUT2D eigenvalue weighted by Crippen LogP contribution is -2.08. The van der Waals surface area contributed by atoms with Gasteiger partial charge in [0.1, 0.15) is 14.8 Å². The van der Waals surface area contributed by atoms with Crippen molar-refractivity contribution >= 4 is 43.3 Å².